The van der Waals surface area contributed by atoms with E-state index in [1.807, 2.05) is 80.6 Å². The van der Waals surface area contributed by atoms with Gasteiger partial charge in [-0.3, -0.25) is 19.2 Å². The molecule has 11 nitrogen and oxygen atoms in total. The highest BCUT2D eigenvalue weighted by molar-refractivity contribution is 9.11. The van der Waals surface area contributed by atoms with Crippen molar-refractivity contribution in [1.82, 2.24) is 10.2 Å². The van der Waals surface area contributed by atoms with Crippen LogP contribution in [-0.4, -0.2) is 89.8 Å². The van der Waals surface area contributed by atoms with Crippen molar-refractivity contribution in [2.24, 2.45) is 17.8 Å². The number of cyclic esters (lactones) is 1. The van der Waals surface area contributed by atoms with Gasteiger partial charge < -0.3 is 34.6 Å². The first-order chi connectivity index (χ1) is 25.4. The Hall–Kier alpha value is -4.00. The fourth-order valence-electron chi connectivity index (χ4n) is 8.54. The number of rotatable bonds is 9. The van der Waals surface area contributed by atoms with Crippen LogP contribution in [0.1, 0.15) is 65.5 Å². The average Bonchev–Trinajstić information content (AvgIpc) is 3.74. The Morgan fingerprint density at radius 2 is 1.68 bits per heavy atom. The summed E-state index contributed by atoms with van der Waals surface area (Å²) in [7, 11) is 0. The highest BCUT2D eigenvalue weighted by Gasteiger charge is 2.75. The predicted molar refractivity (Wildman–Crippen MR) is 206 cm³/mol. The lowest BCUT2D eigenvalue weighted by Crippen LogP contribution is -2.59. The number of nitrogens with zero attached hydrogens (tertiary/aromatic N) is 3. The Labute approximate surface area is 320 Å². The van der Waals surface area contributed by atoms with Crippen LogP contribution >= 0.6 is 15.9 Å². The van der Waals surface area contributed by atoms with Crippen molar-refractivity contribution >= 4 is 51.0 Å². The lowest BCUT2D eigenvalue weighted by molar-refractivity contribution is -0.161. The Bertz CT molecular complexity index is 1730. The molecule has 3 amide bonds. The molecule has 2 aromatic rings. The second kappa shape index (κ2) is 16.2. The second-order valence-electron chi connectivity index (χ2n) is 14.8. The number of allylic oxidation sites excluding steroid dienone is 1. The summed E-state index contributed by atoms with van der Waals surface area (Å²) in [6.45, 7) is 11.4. The first-order valence-corrected chi connectivity index (χ1v) is 19.6. The highest BCUT2D eigenvalue weighted by Crippen LogP contribution is 2.59. The van der Waals surface area contributed by atoms with Gasteiger partial charge in [0.25, 0.3) is 5.91 Å². The normalized spacial score (nSPS) is 30.2. The van der Waals surface area contributed by atoms with E-state index in [4.69, 9.17) is 9.47 Å². The van der Waals surface area contributed by atoms with Gasteiger partial charge in [-0.25, -0.2) is 0 Å². The minimum atomic E-state index is -1.51. The molecule has 2 N–H and O–H groups in total. The average molecular weight is 792 g/mol. The molecule has 4 heterocycles. The number of esters is 1. The van der Waals surface area contributed by atoms with Gasteiger partial charge in [-0.2, -0.15) is 0 Å². The smallest absolute Gasteiger partial charge is 0.313 e. The fourth-order valence-corrected chi connectivity index (χ4v) is 9.28. The summed E-state index contributed by atoms with van der Waals surface area (Å²) in [6.07, 6.45) is 4.84. The van der Waals surface area contributed by atoms with Crippen LogP contribution in [0.2, 0.25) is 0 Å². The summed E-state index contributed by atoms with van der Waals surface area (Å²) in [6, 6.07) is 14.4. The van der Waals surface area contributed by atoms with Crippen LogP contribution < -0.4 is 15.1 Å². The summed E-state index contributed by atoms with van der Waals surface area (Å²) in [5.41, 5.74) is 0.812. The molecule has 4 aliphatic rings. The number of hydrogen-bond donors (Lipinski definition) is 2. The molecule has 4 aliphatic heterocycles. The van der Waals surface area contributed by atoms with Crippen LogP contribution in [0, 0.1) is 17.8 Å². The molecule has 0 radical (unpaired) electrons. The zero-order valence-electron chi connectivity index (χ0n) is 31.1. The first-order valence-electron chi connectivity index (χ1n) is 18.8. The highest BCUT2D eigenvalue weighted by atomic mass is 79.9. The van der Waals surface area contributed by atoms with Crippen LogP contribution in [0.15, 0.2) is 77.3 Å². The van der Waals surface area contributed by atoms with E-state index in [0.717, 1.165) is 18.8 Å². The second-order valence-corrected chi connectivity index (χ2v) is 15.7. The SMILES string of the molecule is CCN(CC)c1ccc(N2C/C=C\CCC(=O)N[C@H](C)[C@@H](c3ccccc3)OC(=O)[C@@H]3[C@H]4O[C@@]5(C=C4Br)[C@H](C2=O)N([C@@H](CO)CC(C)C)C(=O)[C@@H]35)cc1. The topological polar surface area (TPSA) is 129 Å². The molecule has 0 aliphatic carbocycles. The molecular weight excluding hydrogens is 740 g/mol. The summed E-state index contributed by atoms with van der Waals surface area (Å²) < 4.78 is 13.6. The van der Waals surface area contributed by atoms with Crippen molar-refractivity contribution in [3.63, 3.8) is 0 Å². The van der Waals surface area contributed by atoms with E-state index >= 15 is 4.79 Å². The zero-order valence-corrected chi connectivity index (χ0v) is 32.7. The van der Waals surface area contributed by atoms with Crippen LogP contribution in [0.5, 0.6) is 0 Å². The number of amides is 3. The quantitative estimate of drug-likeness (QED) is 0.260. The summed E-state index contributed by atoms with van der Waals surface area (Å²) in [5.74, 6) is -3.79. The van der Waals surface area contributed by atoms with E-state index in [0.29, 0.717) is 28.6 Å². The number of nitrogens with one attached hydrogen (secondary N) is 1. The van der Waals surface area contributed by atoms with Gasteiger partial charge in [0.15, 0.2) is 0 Å². The van der Waals surface area contributed by atoms with Crippen molar-refractivity contribution in [3.05, 3.63) is 82.9 Å². The zero-order chi connectivity index (χ0) is 38.0. The molecule has 0 unspecified atom stereocenters. The lowest BCUT2D eigenvalue weighted by Gasteiger charge is -2.39. The number of fused-ring (bicyclic) bond motifs is 2. The first kappa shape index (κ1) is 38.7. The molecule has 284 valence electrons. The molecular formula is C41H51BrN4O7. The van der Waals surface area contributed by atoms with Crippen LogP contribution in [0.25, 0.3) is 0 Å². The number of halogens is 1. The molecule has 1 spiro atoms. The summed E-state index contributed by atoms with van der Waals surface area (Å²) in [5, 5.41) is 13.8. The van der Waals surface area contributed by atoms with Crippen LogP contribution in [0.4, 0.5) is 11.4 Å². The Balaban J connectivity index is 1.49. The minimum absolute atomic E-state index is 0.0921. The Morgan fingerprint density at radius 3 is 2.32 bits per heavy atom. The molecule has 5 bridgehead atoms. The number of ether oxygens (including phenoxy) is 2. The van der Waals surface area contributed by atoms with Crippen molar-refractivity contribution in [1.29, 1.82) is 0 Å². The number of hydrogen-bond acceptors (Lipinski definition) is 8. The largest absolute Gasteiger partial charge is 0.455 e. The van der Waals surface area contributed by atoms with Gasteiger partial charge in [0.05, 0.1) is 24.6 Å². The van der Waals surface area contributed by atoms with Gasteiger partial charge >= 0.3 is 5.97 Å². The Morgan fingerprint density at radius 1 is 0.981 bits per heavy atom. The van der Waals surface area contributed by atoms with E-state index in [2.05, 4.69) is 40.0 Å². The maximum Gasteiger partial charge on any atom is 0.313 e. The van der Waals surface area contributed by atoms with Gasteiger partial charge in [0.1, 0.15) is 29.8 Å². The molecule has 0 aromatic heterocycles. The monoisotopic (exact) mass is 790 g/mol. The number of anilines is 2. The molecule has 2 saturated heterocycles. The number of benzene rings is 2. The van der Waals surface area contributed by atoms with Crippen LogP contribution in [0.3, 0.4) is 0 Å². The molecule has 2 aromatic carbocycles. The summed E-state index contributed by atoms with van der Waals surface area (Å²) in [4.78, 5) is 63.3. The van der Waals surface area contributed by atoms with Crippen molar-refractivity contribution < 1.29 is 33.8 Å². The third kappa shape index (κ3) is 7.29. The van der Waals surface area contributed by atoms with Crippen molar-refractivity contribution in [3.8, 4) is 0 Å². The minimum Gasteiger partial charge on any atom is -0.455 e. The molecule has 6 rings (SSSR count). The number of aliphatic hydroxyl groups is 1. The summed E-state index contributed by atoms with van der Waals surface area (Å²) >= 11 is 3.64. The van der Waals surface area contributed by atoms with Crippen molar-refractivity contribution in [2.75, 3.05) is 36.0 Å². The molecule has 8 atom stereocenters. The van der Waals surface area contributed by atoms with Gasteiger partial charge in [0, 0.05) is 41.9 Å². The number of aliphatic hydroxyl groups excluding tert-OH is 1. The van der Waals surface area contributed by atoms with E-state index < -0.39 is 65.6 Å². The maximum atomic E-state index is 15.3. The molecule has 2 fully saturated rings. The Kier molecular flexibility index (Phi) is 11.8. The molecule has 12 heteroatoms. The van der Waals surface area contributed by atoms with Gasteiger partial charge in [-0.1, -0.05) is 72.3 Å². The third-order valence-corrected chi connectivity index (χ3v) is 11.7. The van der Waals surface area contributed by atoms with Crippen LogP contribution in [-0.2, 0) is 28.7 Å². The third-order valence-electron chi connectivity index (χ3n) is 11.0. The van der Waals surface area contributed by atoms with E-state index in [-0.39, 0.29) is 31.4 Å². The van der Waals surface area contributed by atoms with Crippen molar-refractivity contribution in [2.45, 2.75) is 89.8 Å². The fraction of sp³-hybridized carbons (Fsp3) is 0.512. The number of carbonyl (C=O) groups is 4. The van der Waals surface area contributed by atoms with E-state index in [9.17, 15) is 19.5 Å². The van der Waals surface area contributed by atoms with Gasteiger partial charge in [-0.15, -0.1) is 0 Å². The molecule has 0 saturated carbocycles. The lowest BCUT2D eigenvalue weighted by atomic mass is 9.74. The predicted octanol–water partition coefficient (Wildman–Crippen LogP) is 5.29. The molecule has 53 heavy (non-hydrogen) atoms. The standard InChI is InChI=1S/C41H51BrN4O7/c1-6-44(7-2)28-17-19-29(20-18-28)45-21-13-9-12-16-32(48)43-26(5)35(27-14-10-8-11-15-27)52-40(51)33-34-38(49)46(30(24-47)22-25(3)4)37(39(45)50)41(34)23-31(42)36(33)53-41/h8-11,13-15,17-20,23,25-26,30,33-37,47H,6-7,12,16,21-22,24H2,1-5H3,(H,43,48)/b13-9-/t26-,30-,33+,34-,35+,36+,37+,41-/m1/s1. The maximum absolute atomic E-state index is 15.3. The van der Waals surface area contributed by atoms with Gasteiger partial charge in [-0.05, 0) is 75.4 Å². The van der Waals surface area contributed by atoms with E-state index in [1.165, 1.54) is 4.90 Å². The number of carbonyl (C=O) groups excluding carboxylic acids is 4. The van der Waals surface area contributed by atoms with E-state index in [1.54, 1.807) is 17.9 Å². The number of likely N-dealkylation sites (tertiary alicyclic amines) is 1. The van der Waals surface area contributed by atoms with Gasteiger partial charge in [0.2, 0.25) is 11.8 Å².